The molecule has 0 fully saturated rings. The quantitative estimate of drug-likeness (QED) is 0.673. The van der Waals surface area contributed by atoms with Crippen LogP contribution in [0.1, 0.15) is 22.5 Å². The number of rotatable bonds is 2. The van der Waals surface area contributed by atoms with Crippen LogP contribution in [-0.4, -0.2) is 16.1 Å². The molecule has 0 unspecified atom stereocenters. The van der Waals surface area contributed by atoms with E-state index in [4.69, 9.17) is 5.11 Å². The summed E-state index contributed by atoms with van der Waals surface area (Å²) in [6.45, 7) is 0. The number of nitrogens with zero attached hydrogens (tertiary/aromatic N) is 1. The first-order valence-corrected chi connectivity index (χ1v) is 4.38. The van der Waals surface area contributed by atoms with Gasteiger partial charge >= 0.3 is 5.97 Å². The molecule has 0 saturated carbocycles. The molecule has 0 bridgehead atoms. The maximum Gasteiger partial charge on any atom is 0.355 e. The lowest BCUT2D eigenvalue weighted by atomic mass is 10.2. The van der Waals surface area contributed by atoms with Crippen LogP contribution in [-0.2, 0) is 0 Å². The zero-order valence-electron chi connectivity index (χ0n) is 6.47. The monoisotopic (exact) mass is 317 g/mol. The van der Waals surface area contributed by atoms with E-state index in [1.165, 1.54) is 22.6 Å². The van der Waals surface area contributed by atoms with Crippen molar-refractivity contribution < 1.29 is 23.1 Å². The maximum atomic E-state index is 12.8. The van der Waals surface area contributed by atoms with Gasteiger partial charge in [-0.05, 0) is 28.7 Å². The van der Waals surface area contributed by atoms with Crippen molar-refractivity contribution in [3.05, 3.63) is 26.8 Å². The van der Waals surface area contributed by atoms with Crippen LogP contribution >= 0.6 is 22.6 Å². The van der Waals surface area contributed by atoms with Crippen molar-refractivity contribution in [2.75, 3.05) is 0 Å². The summed E-state index contributed by atoms with van der Waals surface area (Å²) in [6, 6.07) is 0.775. The van der Waals surface area contributed by atoms with Gasteiger partial charge in [-0.15, -0.1) is 0 Å². The van der Waals surface area contributed by atoms with Crippen molar-refractivity contribution in [2.45, 2.75) is 6.43 Å². The van der Waals surface area contributed by atoms with Crippen molar-refractivity contribution in [1.29, 1.82) is 0 Å². The Kier molecular flexibility index (Phi) is 3.29. The predicted molar refractivity (Wildman–Crippen MR) is 48.8 cm³/mol. The average molecular weight is 317 g/mol. The molecule has 0 atom stereocenters. The number of hydrogen-bond acceptors (Lipinski definition) is 2. The third-order valence-electron chi connectivity index (χ3n) is 1.39. The summed E-state index contributed by atoms with van der Waals surface area (Å²) in [5.41, 5.74) is -1.45. The summed E-state index contributed by atoms with van der Waals surface area (Å²) in [4.78, 5) is 13.4. The Balaban J connectivity index is 3.31. The van der Waals surface area contributed by atoms with E-state index in [1.807, 2.05) is 0 Å². The summed E-state index contributed by atoms with van der Waals surface area (Å²) in [5, 5.41) is 8.50. The van der Waals surface area contributed by atoms with E-state index >= 15 is 0 Å². The molecule has 0 amide bonds. The van der Waals surface area contributed by atoms with Gasteiger partial charge in [0.05, 0.1) is 5.56 Å². The van der Waals surface area contributed by atoms with E-state index in [1.54, 1.807) is 0 Å². The molecule has 0 aliphatic rings. The maximum absolute atomic E-state index is 12.8. The molecule has 0 saturated heterocycles. The second-order valence-corrected chi connectivity index (χ2v) is 3.47. The molecule has 0 aromatic carbocycles. The van der Waals surface area contributed by atoms with Crippen LogP contribution in [0.5, 0.6) is 0 Å². The highest BCUT2D eigenvalue weighted by Gasteiger charge is 2.20. The highest BCUT2D eigenvalue weighted by atomic mass is 127. The van der Waals surface area contributed by atoms with Gasteiger partial charge in [-0.3, -0.25) is 0 Å². The molecule has 1 rings (SSSR count). The van der Waals surface area contributed by atoms with Gasteiger partial charge in [0.25, 0.3) is 6.43 Å². The zero-order chi connectivity index (χ0) is 10.9. The van der Waals surface area contributed by atoms with Gasteiger partial charge in [-0.2, -0.15) is 4.39 Å². The fourth-order valence-corrected chi connectivity index (χ4v) is 1.47. The summed E-state index contributed by atoms with van der Waals surface area (Å²) in [5.74, 6) is -2.90. The largest absolute Gasteiger partial charge is 0.476 e. The van der Waals surface area contributed by atoms with Gasteiger partial charge in [0.15, 0.2) is 5.69 Å². The van der Waals surface area contributed by atoms with Gasteiger partial charge < -0.3 is 5.11 Å². The van der Waals surface area contributed by atoms with E-state index in [0.717, 1.165) is 6.07 Å². The van der Waals surface area contributed by atoms with Gasteiger partial charge in [-0.1, -0.05) is 0 Å². The summed E-state index contributed by atoms with van der Waals surface area (Å²) < 4.78 is 37.0. The first kappa shape index (κ1) is 11.2. The molecular weight excluding hydrogens is 314 g/mol. The van der Waals surface area contributed by atoms with Crippen LogP contribution in [0.3, 0.4) is 0 Å². The van der Waals surface area contributed by atoms with Crippen LogP contribution in [0.2, 0.25) is 0 Å². The molecule has 14 heavy (non-hydrogen) atoms. The third-order valence-corrected chi connectivity index (χ3v) is 2.22. The number of carboxylic acid groups (broad SMARTS) is 1. The number of aromatic nitrogens is 1. The first-order valence-electron chi connectivity index (χ1n) is 3.31. The molecule has 76 valence electrons. The van der Waals surface area contributed by atoms with Gasteiger partial charge in [-0.25, -0.2) is 18.6 Å². The molecule has 7 heteroatoms. The highest BCUT2D eigenvalue weighted by Crippen LogP contribution is 2.24. The van der Waals surface area contributed by atoms with Gasteiger partial charge in [0, 0.05) is 3.57 Å². The third kappa shape index (κ3) is 2.14. The van der Waals surface area contributed by atoms with Crippen LogP contribution in [0, 0.1) is 9.52 Å². The van der Waals surface area contributed by atoms with Crippen LogP contribution in [0.15, 0.2) is 6.07 Å². The fourth-order valence-electron chi connectivity index (χ4n) is 0.784. The van der Waals surface area contributed by atoms with Gasteiger partial charge in [0.2, 0.25) is 5.95 Å². The number of carbonyl (C=O) groups is 1. The summed E-state index contributed by atoms with van der Waals surface area (Å²) in [7, 11) is 0. The van der Waals surface area contributed by atoms with E-state index in [2.05, 4.69) is 4.98 Å². The zero-order valence-corrected chi connectivity index (χ0v) is 8.63. The molecule has 0 aliphatic carbocycles. The second-order valence-electron chi connectivity index (χ2n) is 2.30. The van der Waals surface area contributed by atoms with E-state index < -0.39 is 29.6 Å². The molecule has 0 aliphatic heterocycles. The average Bonchev–Trinajstić information content (AvgIpc) is 2.07. The minimum absolute atomic E-state index is 0.0215. The fraction of sp³-hybridized carbons (Fsp3) is 0.143. The van der Waals surface area contributed by atoms with Crippen molar-refractivity contribution in [3.63, 3.8) is 0 Å². The Hall–Kier alpha value is -0.860. The molecule has 1 aromatic rings. The Morgan fingerprint density at radius 3 is 2.57 bits per heavy atom. The predicted octanol–water partition coefficient (Wildman–Crippen LogP) is 2.46. The summed E-state index contributed by atoms with van der Waals surface area (Å²) >= 11 is 1.51. The van der Waals surface area contributed by atoms with Crippen molar-refractivity contribution in [2.24, 2.45) is 0 Å². The van der Waals surface area contributed by atoms with Crippen LogP contribution in [0.4, 0.5) is 13.2 Å². The lowest BCUT2D eigenvalue weighted by Crippen LogP contribution is -2.08. The molecular formula is C7H3F3INO2. The standard InChI is InChI=1S/C7H3F3INO2/c8-5(9)2-1-3(11)4(7(13)14)12-6(2)10/h1,5H,(H,13,14). The topological polar surface area (TPSA) is 50.2 Å². The lowest BCUT2D eigenvalue weighted by molar-refractivity contribution is 0.0686. The van der Waals surface area contributed by atoms with Crippen LogP contribution in [0.25, 0.3) is 0 Å². The molecule has 1 heterocycles. The molecule has 3 nitrogen and oxygen atoms in total. The smallest absolute Gasteiger partial charge is 0.355 e. The molecule has 0 radical (unpaired) electrons. The lowest BCUT2D eigenvalue weighted by Gasteiger charge is -2.03. The number of hydrogen-bond donors (Lipinski definition) is 1. The Morgan fingerprint density at radius 2 is 2.14 bits per heavy atom. The van der Waals surface area contributed by atoms with Gasteiger partial charge in [0.1, 0.15) is 0 Å². The number of pyridine rings is 1. The number of alkyl halides is 2. The second kappa shape index (κ2) is 4.11. The van der Waals surface area contributed by atoms with Crippen LogP contribution < -0.4 is 0 Å². The molecule has 0 spiro atoms. The van der Waals surface area contributed by atoms with E-state index in [-0.39, 0.29) is 3.57 Å². The normalized spacial score (nSPS) is 10.6. The number of carboxylic acids is 1. The van der Waals surface area contributed by atoms with Crippen molar-refractivity contribution >= 4 is 28.6 Å². The Morgan fingerprint density at radius 1 is 1.57 bits per heavy atom. The minimum Gasteiger partial charge on any atom is -0.476 e. The molecule has 1 aromatic heterocycles. The Labute approximate surface area is 90.1 Å². The molecule has 1 N–H and O–H groups in total. The van der Waals surface area contributed by atoms with E-state index in [0.29, 0.717) is 0 Å². The number of aromatic carboxylic acids is 1. The first-order chi connectivity index (χ1) is 6.43. The Bertz CT molecular complexity index is 383. The minimum atomic E-state index is -3.00. The van der Waals surface area contributed by atoms with Crippen molar-refractivity contribution in [3.8, 4) is 0 Å². The number of halogens is 4. The van der Waals surface area contributed by atoms with E-state index in [9.17, 15) is 18.0 Å². The summed E-state index contributed by atoms with van der Waals surface area (Å²) in [6.07, 6.45) is -3.00. The van der Waals surface area contributed by atoms with Crippen molar-refractivity contribution in [1.82, 2.24) is 4.98 Å². The SMILES string of the molecule is O=C(O)c1nc(F)c(C(F)F)cc1I. The highest BCUT2D eigenvalue weighted by molar-refractivity contribution is 14.1.